The third-order valence-corrected chi connectivity index (χ3v) is 3.92. The van der Waals surface area contributed by atoms with Gasteiger partial charge in [-0.2, -0.15) is 5.26 Å². The van der Waals surface area contributed by atoms with Gasteiger partial charge >= 0.3 is 0 Å². The summed E-state index contributed by atoms with van der Waals surface area (Å²) in [6, 6.07) is 8.31. The van der Waals surface area contributed by atoms with Crippen molar-refractivity contribution in [2.45, 2.75) is 39.5 Å². The fourth-order valence-electron chi connectivity index (χ4n) is 2.90. The van der Waals surface area contributed by atoms with Crippen LogP contribution in [0, 0.1) is 30.1 Å². The van der Waals surface area contributed by atoms with Crippen molar-refractivity contribution in [1.82, 2.24) is 0 Å². The van der Waals surface area contributed by atoms with Gasteiger partial charge in [0.05, 0.1) is 11.3 Å². The third kappa shape index (κ3) is 3.26. The predicted molar refractivity (Wildman–Crippen MR) is 75.5 cm³/mol. The zero-order chi connectivity index (χ0) is 13.0. The van der Waals surface area contributed by atoms with E-state index in [4.69, 9.17) is 5.26 Å². The Kier molecular flexibility index (Phi) is 4.25. The molecule has 0 radical (unpaired) electrons. The molecule has 1 aliphatic carbocycles. The molecule has 0 aliphatic heterocycles. The predicted octanol–water partition coefficient (Wildman–Crippen LogP) is 4.10. The van der Waals surface area contributed by atoms with Crippen LogP contribution in [0.25, 0.3) is 0 Å². The molecule has 0 amide bonds. The second-order valence-corrected chi connectivity index (χ2v) is 5.68. The van der Waals surface area contributed by atoms with E-state index in [9.17, 15) is 0 Å². The molecular formula is C16H22N2. The fourth-order valence-corrected chi connectivity index (χ4v) is 2.90. The SMILES string of the molecule is Cc1ccc(NCC2CCCC(C)C2)c(C#N)c1. The van der Waals surface area contributed by atoms with Crippen LogP contribution in [0.3, 0.4) is 0 Å². The highest BCUT2D eigenvalue weighted by atomic mass is 14.9. The van der Waals surface area contributed by atoms with Crippen LogP contribution >= 0.6 is 0 Å². The number of aryl methyl sites for hydroxylation is 1. The number of rotatable bonds is 3. The Morgan fingerprint density at radius 2 is 2.22 bits per heavy atom. The molecule has 1 aromatic carbocycles. The van der Waals surface area contributed by atoms with E-state index in [0.717, 1.165) is 35.2 Å². The second kappa shape index (κ2) is 5.91. The molecule has 1 fully saturated rings. The Morgan fingerprint density at radius 1 is 1.39 bits per heavy atom. The molecule has 0 bridgehead atoms. The molecule has 0 spiro atoms. The molecule has 18 heavy (non-hydrogen) atoms. The molecule has 2 atom stereocenters. The van der Waals surface area contributed by atoms with E-state index < -0.39 is 0 Å². The van der Waals surface area contributed by atoms with Gasteiger partial charge in [-0.1, -0.05) is 25.8 Å². The van der Waals surface area contributed by atoms with Gasteiger partial charge in [-0.3, -0.25) is 0 Å². The van der Waals surface area contributed by atoms with Crippen molar-refractivity contribution in [3.63, 3.8) is 0 Å². The van der Waals surface area contributed by atoms with Crippen molar-refractivity contribution in [1.29, 1.82) is 5.26 Å². The van der Waals surface area contributed by atoms with E-state index in [1.54, 1.807) is 0 Å². The molecule has 0 aromatic heterocycles. The van der Waals surface area contributed by atoms with E-state index >= 15 is 0 Å². The minimum Gasteiger partial charge on any atom is -0.384 e. The zero-order valence-electron chi connectivity index (χ0n) is 11.4. The van der Waals surface area contributed by atoms with E-state index in [-0.39, 0.29) is 0 Å². The molecule has 0 saturated heterocycles. The summed E-state index contributed by atoms with van der Waals surface area (Å²) < 4.78 is 0. The Bertz CT molecular complexity index is 445. The summed E-state index contributed by atoms with van der Waals surface area (Å²) in [5, 5.41) is 12.6. The van der Waals surface area contributed by atoms with Crippen LogP contribution in [0.15, 0.2) is 18.2 Å². The third-order valence-electron chi connectivity index (χ3n) is 3.92. The number of anilines is 1. The van der Waals surface area contributed by atoms with Crippen LogP contribution < -0.4 is 5.32 Å². The van der Waals surface area contributed by atoms with E-state index in [0.29, 0.717) is 0 Å². The van der Waals surface area contributed by atoms with Crippen molar-refractivity contribution in [2.24, 2.45) is 11.8 Å². The maximum Gasteiger partial charge on any atom is 0.101 e. The van der Waals surface area contributed by atoms with Crippen molar-refractivity contribution in [2.75, 3.05) is 11.9 Å². The average Bonchev–Trinajstić information content (AvgIpc) is 2.37. The van der Waals surface area contributed by atoms with Crippen molar-refractivity contribution in [3.8, 4) is 6.07 Å². The summed E-state index contributed by atoms with van der Waals surface area (Å²) in [5.41, 5.74) is 2.89. The van der Waals surface area contributed by atoms with Gasteiger partial charge in [0.15, 0.2) is 0 Å². The minimum atomic E-state index is 0.763. The smallest absolute Gasteiger partial charge is 0.101 e. The fraction of sp³-hybridized carbons (Fsp3) is 0.562. The molecule has 1 aliphatic rings. The van der Waals surface area contributed by atoms with E-state index in [2.05, 4.69) is 24.4 Å². The number of hydrogen-bond acceptors (Lipinski definition) is 2. The first-order valence-electron chi connectivity index (χ1n) is 6.93. The van der Waals surface area contributed by atoms with Crippen LogP contribution in [-0.2, 0) is 0 Å². The van der Waals surface area contributed by atoms with Crippen LogP contribution in [0.5, 0.6) is 0 Å². The highest BCUT2D eigenvalue weighted by Crippen LogP contribution is 2.29. The number of benzene rings is 1. The second-order valence-electron chi connectivity index (χ2n) is 5.68. The lowest BCUT2D eigenvalue weighted by Gasteiger charge is -2.27. The molecule has 1 N–H and O–H groups in total. The molecule has 2 heteroatoms. The standard InChI is InChI=1S/C16H22N2/c1-12-4-3-5-14(8-12)11-18-16-7-6-13(2)9-15(16)10-17/h6-7,9,12,14,18H,3-5,8,11H2,1-2H3. The molecule has 2 nitrogen and oxygen atoms in total. The Hall–Kier alpha value is -1.49. The highest BCUT2D eigenvalue weighted by molar-refractivity contribution is 5.58. The maximum atomic E-state index is 9.13. The first kappa shape index (κ1) is 13.0. The number of nitriles is 1. The molecule has 1 saturated carbocycles. The largest absolute Gasteiger partial charge is 0.384 e. The van der Waals surface area contributed by atoms with Gasteiger partial charge in [-0.05, 0) is 49.3 Å². The van der Waals surface area contributed by atoms with Crippen LogP contribution in [0.1, 0.15) is 43.7 Å². The van der Waals surface area contributed by atoms with Gasteiger partial charge in [0.2, 0.25) is 0 Å². The minimum absolute atomic E-state index is 0.763. The lowest BCUT2D eigenvalue weighted by Crippen LogP contribution is -2.21. The van der Waals surface area contributed by atoms with Gasteiger partial charge in [-0.15, -0.1) is 0 Å². The maximum absolute atomic E-state index is 9.13. The summed E-state index contributed by atoms with van der Waals surface area (Å²) in [6.45, 7) is 5.37. The van der Waals surface area contributed by atoms with E-state index in [1.807, 2.05) is 19.1 Å². The summed E-state index contributed by atoms with van der Waals surface area (Å²) in [7, 11) is 0. The monoisotopic (exact) mass is 242 g/mol. The molecule has 1 aromatic rings. The first-order valence-corrected chi connectivity index (χ1v) is 6.93. The lowest BCUT2D eigenvalue weighted by molar-refractivity contribution is 0.293. The van der Waals surface area contributed by atoms with Gasteiger partial charge < -0.3 is 5.32 Å². The van der Waals surface area contributed by atoms with Gasteiger partial charge in [0.25, 0.3) is 0 Å². The van der Waals surface area contributed by atoms with Gasteiger partial charge in [0.1, 0.15) is 6.07 Å². The Labute approximate surface area is 110 Å². The Balaban J connectivity index is 1.96. The number of nitrogens with one attached hydrogen (secondary N) is 1. The van der Waals surface area contributed by atoms with Crippen LogP contribution in [0.2, 0.25) is 0 Å². The highest BCUT2D eigenvalue weighted by Gasteiger charge is 2.18. The van der Waals surface area contributed by atoms with Crippen molar-refractivity contribution in [3.05, 3.63) is 29.3 Å². The topological polar surface area (TPSA) is 35.8 Å². The average molecular weight is 242 g/mol. The van der Waals surface area contributed by atoms with Gasteiger partial charge in [0, 0.05) is 6.54 Å². The first-order chi connectivity index (χ1) is 8.69. The Morgan fingerprint density at radius 3 is 2.94 bits per heavy atom. The number of nitrogens with zero attached hydrogens (tertiary/aromatic N) is 1. The van der Waals surface area contributed by atoms with Gasteiger partial charge in [-0.25, -0.2) is 0 Å². The lowest BCUT2D eigenvalue weighted by atomic mass is 9.82. The van der Waals surface area contributed by atoms with Crippen molar-refractivity contribution >= 4 is 5.69 Å². The van der Waals surface area contributed by atoms with Crippen LogP contribution in [0.4, 0.5) is 5.69 Å². The molecule has 0 heterocycles. The molecular weight excluding hydrogens is 220 g/mol. The summed E-state index contributed by atoms with van der Waals surface area (Å²) in [5.74, 6) is 1.63. The number of hydrogen-bond donors (Lipinski definition) is 1. The summed E-state index contributed by atoms with van der Waals surface area (Å²) in [6.07, 6.45) is 5.38. The summed E-state index contributed by atoms with van der Waals surface area (Å²) in [4.78, 5) is 0. The molecule has 2 rings (SSSR count). The van der Waals surface area contributed by atoms with Crippen LogP contribution in [-0.4, -0.2) is 6.54 Å². The molecule has 2 unspecified atom stereocenters. The van der Waals surface area contributed by atoms with E-state index in [1.165, 1.54) is 25.7 Å². The quantitative estimate of drug-likeness (QED) is 0.866. The van der Waals surface area contributed by atoms with Crippen molar-refractivity contribution < 1.29 is 0 Å². The zero-order valence-corrected chi connectivity index (χ0v) is 11.4. The summed E-state index contributed by atoms with van der Waals surface area (Å²) >= 11 is 0. The normalized spacial score (nSPS) is 23.4. The molecule has 96 valence electrons.